The highest BCUT2D eigenvalue weighted by molar-refractivity contribution is 5.57. The fourth-order valence-corrected chi connectivity index (χ4v) is 1.44. The predicted octanol–water partition coefficient (Wildman–Crippen LogP) is 2.86. The Kier molecular flexibility index (Phi) is 3.20. The molecule has 2 aromatic rings. The number of benzene rings is 1. The average Bonchev–Trinajstić information content (AvgIpc) is 2.75. The molecule has 0 fully saturated rings. The molecule has 0 aliphatic carbocycles. The number of hydrogen-bond donors (Lipinski definition) is 1. The van der Waals surface area contributed by atoms with E-state index in [0.717, 1.165) is 0 Å². The van der Waals surface area contributed by atoms with Crippen molar-refractivity contribution in [2.75, 3.05) is 5.32 Å². The van der Waals surface area contributed by atoms with Gasteiger partial charge >= 0.3 is 6.01 Å². The first kappa shape index (κ1) is 13.0. The topological polar surface area (TPSA) is 94.1 Å². The third kappa shape index (κ3) is 3.27. The molecule has 1 N–H and O–H groups in total. The summed E-state index contributed by atoms with van der Waals surface area (Å²) in [4.78, 5) is 14.3. The molecule has 7 heteroatoms. The average molecular weight is 262 g/mol. The summed E-state index contributed by atoms with van der Waals surface area (Å²) in [5.41, 5.74) is 0.510. The lowest BCUT2D eigenvalue weighted by atomic mass is 10.1. The lowest BCUT2D eigenvalue weighted by molar-refractivity contribution is -0.384. The van der Waals surface area contributed by atoms with E-state index in [-0.39, 0.29) is 11.2 Å². The van der Waals surface area contributed by atoms with E-state index in [9.17, 15) is 10.1 Å². The molecule has 100 valence electrons. The zero-order chi connectivity index (χ0) is 14.0. The highest BCUT2D eigenvalue weighted by Gasteiger charge is 2.15. The van der Waals surface area contributed by atoms with Crippen molar-refractivity contribution in [1.29, 1.82) is 0 Å². The van der Waals surface area contributed by atoms with Crippen molar-refractivity contribution >= 4 is 11.7 Å². The van der Waals surface area contributed by atoms with Gasteiger partial charge in [-0.05, 0) is 32.9 Å². The van der Waals surface area contributed by atoms with Crippen LogP contribution in [0.1, 0.15) is 20.8 Å². The molecule has 0 bridgehead atoms. The first-order chi connectivity index (χ1) is 8.85. The van der Waals surface area contributed by atoms with E-state index in [2.05, 4.69) is 15.5 Å². The van der Waals surface area contributed by atoms with Crippen LogP contribution in [-0.2, 0) is 0 Å². The van der Waals surface area contributed by atoms with Crippen molar-refractivity contribution in [2.45, 2.75) is 26.3 Å². The van der Waals surface area contributed by atoms with Gasteiger partial charge in [-0.3, -0.25) is 10.1 Å². The van der Waals surface area contributed by atoms with Gasteiger partial charge in [-0.15, -0.1) is 0 Å². The standard InChI is InChI=1S/C12H14N4O3/c1-12(2,3)14-11-13-10(15-19-11)8-4-6-9(7-5-8)16(17)18/h4-7H,1-3H3,(H,13,14,15). The van der Waals surface area contributed by atoms with E-state index in [0.29, 0.717) is 17.4 Å². The summed E-state index contributed by atoms with van der Waals surface area (Å²) in [5.74, 6) is 0.390. The smallest absolute Gasteiger partial charge is 0.322 e. The summed E-state index contributed by atoms with van der Waals surface area (Å²) in [5, 5.41) is 17.4. The Morgan fingerprint density at radius 3 is 2.42 bits per heavy atom. The quantitative estimate of drug-likeness (QED) is 0.675. The van der Waals surface area contributed by atoms with E-state index < -0.39 is 4.92 Å². The van der Waals surface area contributed by atoms with Crippen molar-refractivity contribution in [3.05, 3.63) is 34.4 Å². The monoisotopic (exact) mass is 262 g/mol. The van der Waals surface area contributed by atoms with Crippen molar-refractivity contribution in [3.8, 4) is 11.4 Å². The van der Waals surface area contributed by atoms with Gasteiger partial charge in [0.15, 0.2) is 0 Å². The molecule has 2 rings (SSSR count). The maximum Gasteiger partial charge on any atom is 0.322 e. The van der Waals surface area contributed by atoms with Crippen LogP contribution < -0.4 is 5.32 Å². The second kappa shape index (κ2) is 4.68. The van der Waals surface area contributed by atoms with Gasteiger partial charge in [-0.1, -0.05) is 5.16 Å². The van der Waals surface area contributed by atoms with Crippen molar-refractivity contribution in [1.82, 2.24) is 10.1 Å². The van der Waals surface area contributed by atoms with Crippen molar-refractivity contribution in [3.63, 3.8) is 0 Å². The third-order valence-electron chi connectivity index (χ3n) is 2.24. The normalized spacial score (nSPS) is 11.3. The van der Waals surface area contributed by atoms with E-state index in [1.54, 1.807) is 12.1 Å². The minimum absolute atomic E-state index is 0.0280. The highest BCUT2D eigenvalue weighted by atomic mass is 16.6. The number of nitro benzene ring substituents is 1. The molecule has 19 heavy (non-hydrogen) atoms. The van der Waals surface area contributed by atoms with Crippen LogP contribution >= 0.6 is 0 Å². The van der Waals surface area contributed by atoms with Crippen molar-refractivity contribution in [2.24, 2.45) is 0 Å². The number of anilines is 1. The largest absolute Gasteiger partial charge is 0.333 e. The fraction of sp³-hybridized carbons (Fsp3) is 0.333. The summed E-state index contributed by atoms with van der Waals surface area (Å²) in [7, 11) is 0. The molecule has 1 aromatic carbocycles. The molecule has 0 saturated heterocycles. The lowest BCUT2D eigenvalue weighted by Crippen LogP contribution is -2.26. The van der Waals surface area contributed by atoms with Gasteiger partial charge in [0, 0.05) is 23.2 Å². The number of nitrogens with zero attached hydrogens (tertiary/aromatic N) is 3. The second-order valence-electron chi connectivity index (χ2n) is 5.10. The Hall–Kier alpha value is -2.44. The van der Waals surface area contributed by atoms with Gasteiger partial charge < -0.3 is 9.84 Å². The lowest BCUT2D eigenvalue weighted by Gasteiger charge is -2.17. The van der Waals surface area contributed by atoms with Gasteiger partial charge in [0.05, 0.1) is 4.92 Å². The number of nitrogens with one attached hydrogen (secondary N) is 1. The minimum atomic E-state index is -0.452. The zero-order valence-corrected chi connectivity index (χ0v) is 10.9. The van der Waals surface area contributed by atoms with E-state index in [1.807, 2.05) is 20.8 Å². The van der Waals surface area contributed by atoms with E-state index in [1.165, 1.54) is 12.1 Å². The first-order valence-corrected chi connectivity index (χ1v) is 5.72. The molecule has 0 aliphatic rings. The Morgan fingerprint density at radius 2 is 1.89 bits per heavy atom. The molecular weight excluding hydrogens is 248 g/mol. The van der Waals surface area contributed by atoms with Gasteiger partial charge in [0.2, 0.25) is 5.82 Å². The van der Waals surface area contributed by atoms with Crippen LogP contribution in [0.15, 0.2) is 28.8 Å². The van der Waals surface area contributed by atoms with Crippen LogP contribution in [0.25, 0.3) is 11.4 Å². The number of nitro groups is 1. The van der Waals surface area contributed by atoms with Crippen LogP contribution in [0.3, 0.4) is 0 Å². The molecular formula is C12H14N4O3. The summed E-state index contributed by atoms with van der Waals surface area (Å²) >= 11 is 0. The van der Waals surface area contributed by atoms with Crippen LogP contribution in [0.2, 0.25) is 0 Å². The number of non-ortho nitro benzene ring substituents is 1. The van der Waals surface area contributed by atoms with Crippen LogP contribution in [0.5, 0.6) is 0 Å². The number of aromatic nitrogens is 2. The molecule has 0 saturated carbocycles. The Morgan fingerprint density at radius 1 is 1.26 bits per heavy atom. The van der Waals surface area contributed by atoms with Gasteiger partial charge in [-0.2, -0.15) is 4.98 Å². The third-order valence-corrected chi connectivity index (χ3v) is 2.24. The second-order valence-corrected chi connectivity index (χ2v) is 5.10. The molecule has 1 aromatic heterocycles. The predicted molar refractivity (Wildman–Crippen MR) is 69.8 cm³/mol. The summed E-state index contributed by atoms with van der Waals surface area (Å²) in [6.45, 7) is 5.92. The number of rotatable bonds is 3. The maximum absolute atomic E-state index is 10.6. The molecule has 0 atom stereocenters. The molecule has 0 radical (unpaired) electrons. The molecule has 7 nitrogen and oxygen atoms in total. The fourth-order valence-electron chi connectivity index (χ4n) is 1.44. The SMILES string of the molecule is CC(C)(C)Nc1nc(-c2ccc([N+](=O)[O-])cc2)no1. The Bertz CT molecular complexity index is 584. The Labute approximate surface area is 109 Å². The molecule has 0 unspecified atom stereocenters. The zero-order valence-electron chi connectivity index (χ0n) is 10.9. The minimum Gasteiger partial charge on any atom is -0.333 e. The summed E-state index contributed by atoms with van der Waals surface area (Å²) < 4.78 is 5.07. The van der Waals surface area contributed by atoms with Crippen LogP contribution in [0, 0.1) is 10.1 Å². The van der Waals surface area contributed by atoms with Crippen LogP contribution in [-0.4, -0.2) is 20.6 Å². The summed E-state index contributed by atoms with van der Waals surface area (Å²) in [6, 6.07) is 6.31. The number of hydrogen-bond acceptors (Lipinski definition) is 6. The van der Waals surface area contributed by atoms with Crippen LogP contribution in [0.4, 0.5) is 11.7 Å². The molecule has 1 heterocycles. The van der Waals surface area contributed by atoms with E-state index >= 15 is 0 Å². The maximum atomic E-state index is 10.6. The van der Waals surface area contributed by atoms with Crippen molar-refractivity contribution < 1.29 is 9.45 Å². The molecule has 0 spiro atoms. The highest BCUT2D eigenvalue weighted by Crippen LogP contribution is 2.22. The van der Waals surface area contributed by atoms with E-state index in [4.69, 9.17) is 4.52 Å². The molecule has 0 amide bonds. The molecule has 0 aliphatic heterocycles. The summed E-state index contributed by atoms with van der Waals surface area (Å²) in [6.07, 6.45) is 0. The Balaban J connectivity index is 2.20. The van der Waals surface area contributed by atoms with Gasteiger partial charge in [0.25, 0.3) is 5.69 Å². The van der Waals surface area contributed by atoms with Gasteiger partial charge in [-0.25, -0.2) is 0 Å². The van der Waals surface area contributed by atoms with Gasteiger partial charge in [0.1, 0.15) is 0 Å². The first-order valence-electron chi connectivity index (χ1n) is 5.72.